The Morgan fingerprint density at radius 1 is 0.839 bits per heavy atom. The molecule has 0 saturated carbocycles. The Bertz CT molecular complexity index is 1380. The molecular weight excluding hydrogens is 392 g/mol. The molecule has 3 heteroatoms. The Kier molecular flexibility index (Phi) is 4.42. The zero-order valence-electron chi connectivity index (χ0n) is 18.4. The van der Waals surface area contributed by atoms with Gasteiger partial charge in [-0.05, 0) is 51.2 Å². The lowest BCUT2D eigenvalue weighted by atomic mass is 9.94. The maximum absolute atomic E-state index is 9.81. The molecule has 0 atom stereocenters. The first-order valence-electron chi connectivity index (χ1n) is 10.7. The van der Waals surface area contributed by atoms with Crippen molar-refractivity contribution in [3.8, 4) is 39.6 Å². The molecule has 0 bridgehead atoms. The minimum atomic E-state index is -1.97. The molecule has 1 aromatic heterocycles. The van der Waals surface area contributed by atoms with Crippen LogP contribution in [0.2, 0.25) is 13.1 Å². The van der Waals surface area contributed by atoms with Gasteiger partial charge >= 0.3 is 0 Å². The Balaban J connectivity index is 1.83. The van der Waals surface area contributed by atoms with Gasteiger partial charge in [0.25, 0.3) is 0 Å². The van der Waals surface area contributed by atoms with Gasteiger partial charge in [0, 0.05) is 17.7 Å². The van der Waals surface area contributed by atoms with Gasteiger partial charge in [-0.1, -0.05) is 67.7 Å². The molecular formula is C28H25N2Si+. The maximum Gasteiger partial charge on any atom is 0.213 e. The third-order valence-corrected chi connectivity index (χ3v) is 10.2. The highest BCUT2D eigenvalue weighted by atomic mass is 28.3. The van der Waals surface area contributed by atoms with Crippen LogP contribution in [-0.2, 0) is 7.05 Å². The summed E-state index contributed by atoms with van der Waals surface area (Å²) in [6, 6.07) is 28.2. The monoisotopic (exact) mass is 417 g/mol. The molecule has 0 spiro atoms. The second-order valence-corrected chi connectivity index (χ2v) is 13.2. The summed E-state index contributed by atoms with van der Waals surface area (Å²) in [5.41, 5.74) is 9.46. The number of hydrogen-bond donors (Lipinski definition) is 0. The predicted molar refractivity (Wildman–Crippen MR) is 130 cm³/mol. The van der Waals surface area contributed by atoms with Crippen molar-refractivity contribution in [1.82, 2.24) is 0 Å². The van der Waals surface area contributed by atoms with E-state index in [1.165, 1.54) is 43.9 Å². The molecule has 0 radical (unpaired) electrons. The number of hydrogen-bond acceptors (Lipinski definition) is 1. The highest BCUT2D eigenvalue weighted by Gasteiger charge is 2.42. The van der Waals surface area contributed by atoms with Gasteiger partial charge in [0.15, 0.2) is 6.20 Å². The van der Waals surface area contributed by atoms with E-state index in [-0.39, 0.29) is 0 Å². The molecule has 0 fully saturated rings. The average Bonchev–Trinajstić information content (AvgIpc) is 3.02. The van der Waals surface area contributed by atoms with Crippen molar-refractivity contribution in [1.29, 1.82) is 5.26 Å². The smallest absolute Gasteiger partial charge is 0.201 e. The third-order valence-electron chi connectivity index (χ3n) is 6.68. The first kappa shape index (κ1) is 19.5. The lowest BCUT2D eigenvalue weighted by Gasteiger charge is -2.22. The fraction of sp³-hybridized carbons (Fsp3) is 0.143. The van der Waals surface area contributed by atoms with Crippen molar-refractivity contribution in [2.45, 2.75) is 20.0 Å². The summed E-state index contributed by atoms with van der Waals surface area (Å²) in [6.45, 7) is 7.05. The van der Waals surface area contributed by atoms with Crippen LogP contribution in [0.1, 0.15) is 11.1 Å². The molecule has 1 aliphatic rings. The number of rotatable bonds is 2. The predicted octanol–water partition coefficient (Wildman–Crippen LogP) is 4.83. The first-order chi connectivity index (χ1) is 14.9. The van der Waals surface area contributed by atoms with E-state index in [1.807, 2.05) is 12.1 Å². The van der Waals surface area contributed by atoms with E-state index in [2.05, 4.69) is 105 Å². The summed E-state index contributed by atoms with van der Waals surface area (Å²) in [5.74, 6) is 0. The van der Waals surface area contributed by atoms with E-state index < -0.39 is 8.07 Å². The lowest BCUT2D eigenvalue weighted by molar-refractivity contribution is -0.660. The largest absolute Gasteiger partial charge is 0.213 e. The Morgan fingerprint density at radius 2 is 1.61 bits per heavy atom. The molecule has 1 aliphatic heterocycles. The molecule has 3 aromatic carbocycles. The fourth-order valence-corrected chi connectivity index (χ4v) is 8.62. The molecule has 4 aromatic rings. The van der Waals surface area contributed by atoms with Crippen LogP contribution in [0.25, 0.3) is 33.5 Å². The average molecular weight is 418 g/mol. The summed E-state index contributed by atoms with van der Waals surface area (Å²) in [6.07, 6.45) is 2.16. The Morgan fingerprint density at radius 3 is 2.35 bits per heavy atom. The summed E-state index contributed by atoms with van der Waals surface area (Å²) >= 11 is 0. The molecule has 0 aliphatic carbocycles. The van der Waals surface area contributed by atoms with Crippen molar-refractivity contribution in [2.24, 2.45) is 7.05 Å². The summed E-state index contributed by atoms with van der Waals surface area (Å²) < 4.78 is 2.23. The Labute approximate surface area is 185 Å². The molecule has 0 saturated heterocycles. The van der Waals surface area contributed by atoms with E-state index in [0.29, 0.717) is 0 Å². The van der Waals surface area contributed by atoms with E-state index >= 15 is 0 Å². The number of nitrogens with zero attached hydrogens (tertiary/aromatic N) is 2. The van der Waals surface area contributed by atoms with Crippen LogP contribution in [0, 0.1) is 18.3 Å². The van der Waals surface area contributed by atoms with Crippen molar-refractivity contribution in [2.75, 3.05) is 0 Å². The molecule has 150 valence electrons. The van der Waals surface area contributed by atoms with Gasteiger partial charge in [-0.25, -0.2) is 4.57 Å². The van der Waals surface area contributed by atoms with Gasteiger partial charge in [0.05, 0.1) is 11.6 Å². The summed E-state index contributed by atoms with van der Waals surface area (Å²) in [4.78, 5) is 0. The molecule has 31 heavy (non-hydrogen) atoms. The molecule has 0 unspecified atom stereocenters. The number of nitriles is 1. The van der Waals surface area contributed by atoms with Gasteiger partial charge in [-0.2, -0.15) is 5.26 Å². The number of aromatic nitrogens is 1. The lowest BCUT2D eigenvalue weighted by Crippen LogP contribution is -2.51. The van der Waals surface area contributed by atoms with Gasteiger partial charge < -0.3 is 0 Å². The van der Waals surface area contributed by atoms with Crippen LogP contribution in [0.15, 0.2) is 79.0 Å². The number of aryl methyl sites for hydroxylation is 2. The normalized spacial score (nSPS) is 13.4. The molecule has 5 rings (SSSR count). The van der Waals surface area contributed by atoms with E-state index in [9.17, 15) is 5.26 Å². The van der Waals surface area contributed by atoms with Gasteiger partial charge in [-0.3, -0.25) is 0 Å². The molecule has 0 N–H and O–H groups in total. The second-order valence-electron chi connectivity index (χ2n) is 8.92. The van der Waals surface area contributed by atoms with Crippen LogP contribution in [0.5, 0.6) is 0 Å². The second kappa shape index (κ2) is 7.04. The SMILES string of the molecule is Cc1ccc2c(c1-c1cc(-c3ccccc3)cc[n+]1C)[Si](C)(C)c1cccc(C#N)c1-2. The zero-order valence-corrected chi connectivity index (χ0v) is 19.4. The van der Waals surface area contributed by atoms with Gasteiger partial charge in [0.1, 0.15) is 15.1 Å². The van der Waals surface area contributed by atoms with Crippen molar-refractivity contribution in [3.63, 3.8) is 0 Å². The fourth-order valence-electron chi connectivity index (χ4n) is 5.11. The quantitative estimate of drug-likeness (QED) is 0.339. The minimum absolute atomic E-state index is 0.786. The Hall–Kier alpha value is -3.48. The highest BCUT2D eigenvalue weighted by Crippen LogP contribution is 2.36. The van der Waals surface area contributed by atoms with Crippen molar-refractivity contribution < 1.29 is 4.57 Å². The molecule has 0 amide bonds. The van der Waals surface area contributed by atoms with Crippen LogP contribution in [0.4, 0.5) is 0 Å². The van der Waals surface area contributed by atoms with E-state index in [1.54, 1.807) is 0 Å². The van der Waals surface area contributed by atoms with Crippen LogP contribution < -0.4 is 14.9 Å². The van der Waals surface area contributed by atoms with Crippen molar-refractivity contribution in [3.05, 3.63) is 90.1 Å². The minimum Gasteiger partial charge on any atom is -0.201 e. The maximum atomic E-state index is 9.81. The van der Waals surface area contributed by atoms with Gasteiger partial charge in [-0.15, -0.1) is 0 Å². The first-order valence-corrected chi connectivity index (χ1v) is 13.7. The third kappa shape index (κ3) is 2.87. The molecule has 2 nitrogen and oxygen atoms in total. The number of fused-ring (bicyclic) bond motifs is 3. The number of benzene rings is 3. The molecule has 2 heterocycles. The van der Waals surface area contributed by atoms with Gasteiger partial charge in [0.2, 0.25) is 5.69 Å². The van der Waals surface area contributed by atoms with E-state index in [4.69, 9.17) is 0 Å². The summed E-state index contributed by atoms with van der Waals surface area (Å²) in [5, 5.41) is 12.6. The van der Waals surface area contributed by atoms with Crippen LogP contribution >= 0.6 is 0 Å². The summed E-state index contributed by atoms with van der Waals surface area (Å²) in [7, 11) is 0.153. The number of pyridine rings is 1. The van der Waals surface area contributed by atoms with Crippen LogP contribution in [-0.4, -0.2) is 8.07 Å². The zero-order chi connectivity index (χ0) is 21.8. The topological polar surface area (TPSA) is 27.7 Å². The van der Waals surface area contributed by atoms with Crippen molar-refractivity contribution >= 4 is 18.4 Å². The highest BCUT2D eigenvalue weighted by molar-refractivity contribution is 7.04. The van der Waals surface area contributed by atoms with Crippen LogP contribution in [0.3, 0.4) is 0 Å². The standard InChI is InChI=1S/C28H25N2Si/c1-19-13-14-23-27-22(18-29)11-8-12-25(27)31(3,4)28(23)26(19)24-17-21(15-16-30(24)2)20-9-6-5-7-10-20/h5-17H,1-4H3/q+1. The van der Waals surface area contributed by atoms with E-state index in [0.717, 1.165) is 11.1 Å².